The number of alkyl halides is 1. The molecule has 0 saturated carbocycles. The minimum Gasteiger partial charge on any atom is -0.378 e. The number of piperidine rings is 1. The molecule has 2 aromatic heterocycles. The standard InChI is InChI=1S/C22H32FN7O4S/c1-14(2)27-20-16(21(31)25-8-10-35(4,32)33)12-26-22(29-20)28-15-5-7-24-19(11-15)30-9-6-18(34-3)17(23)13-30/h5,7,11-12,14,17-18H,6,8-10,13H2,1-4H3,(H,25,31)(H2,24,26,27,28,29)/t17-,18+/m1/s1. The van der Waals surface area contributed by atoms with Gasteiger partial charge in [-0.3, -0.25) is 4.79 Å². The molecular formula is C22H32FN7O4S. The second kappa shape index (κ2) is 11.6. The number of methoxy groups -OCH3 is 1. The highest BCUT2D eigenvalue weighted by Gasteiger charge is 2.29. The predicted octanol–water partition coefficient (Wildman–Crippen LogP) is 1.77. The number of hydrogen-bond donors (Lipinski definition) is 3. The number of rotatable bonds is 10. The number of carbonyl (C=O) groups is 1. The largest absolute Gasteiger partial charge is 0.378 e. The predicted molar refractivity (Wildman–Crippen MR) is 133 cm³/mol. The third kappa shape index (κ3) is 7.72. The molecule has 3 heterocycles. The number of pyridine rings is 1. The molecule has 3 rings (SSSR count). The van der Waals surface area contributed by atoms with E-state index in [1.54, 1.807) is 18.3 Å². The number of nitrogens with zero attached hydrogens (tertiary/aromatic N) is 4. The fourth-order valence-corrected chi connectivity index (χ4v) is 4.06. The van der Waals surface area contributed by atoms with Crippen molar-refractivity contribution in [3.63, 3.8) is 0 Å². The topological polar surface area (TPSA) is 138 Å². The molecule has 2 atom stereocenters. The number of anilines is 4. The SMILES string of the molecule is CO[C@H]1CCN(c2cc(Nc3ncc(C(=O)NCCS(C)(=O)=O)c(NC(C)C)n3)ccn2)C[C@H]1F. The van der Waals surface area contributed by atoms with Crippen molar-refractivity contribution in [1.29, 1.82) is 0 Å². The van der Waals surface area contributed by atoms with Crippen LogP contribution in [-0.4, -0.2) is 86.3 Å². The van der Waals surface area contributed by atoms with Gasteiger partial charge in [-0.1, -0.05) is 0 Å². The molecular weight excluding hydrogens is 477 g/mol. The Bertz CT molecular complexity index is 1130. The summed E-state index contributed by atoms with van der Waals surface area (Å²) >= 11 is 0. The number of carbonyl (C=O) groups excluding carboxylic acids is 1. The number of nitrogens with one attached hydrogen (secondary N) is 3. The van der Waals surface area contributed by atoms with Crippen molar-refractivity contribution in [3.05, 3.63) is 30.1 Å². The molecule has 192 valence electrons. The first-order valence-electron chi connectivity index (χ1n) is 11.3. The third-order valence-corrected chi connectivity index (χ3v) is 6.27. The molecule has 1 aliphatic rings. The maximum atomic E-state index is 14.3. The van der Waals surface area contributed by atoms with Crippen LogP contribution in [0.2, 0.25) is 0 Å². The van der Waals surface area contributed by atoms with E-state index in [-0.39, 0.29) is 36.4 Å². The van der Waals surface area contributed by atoms with E-state index in [4.69, 9.17) is 4.74 Å². The molecule has 0 aliphatic carbocycles. The van der Waals surface area contributed by atoms with Gasteiger partial charge in [0.1, 0.15) is 33.2 Å². The first-order chi connectivity index (χ1) is 16.6. The van der Waals surface area contributed by atoms with Crippen molar-refractivity contribution in [2.75, 3.05) is 54.3 Å². The Morgan fingerprint density at radius 3 is 2.77 bits per heavy atom. The van der Waals surface area contributed by atoms with Crippen LogP contribution in [0, 0.1) is 0 Å². The van der Waals surface area contributed by atoms with Crippen molar-refractivity contribution in [3.8, 4) is 0 Å². The average molecular weight is 510 g/mol. The Kier molecular flexibility index (Phi) is 8.78. The third-order valence-electron chi connectivity index (χ3n) is 5.33. The van der Waals surface area contributed by atoms with Crippen molar-refractivity contribution in [2.24, 2.45) is 0 Å². The van der Waals surface area contributed by atoms with Gasteiger partial charge >= 0.3 is 0 Å². The van der Waals surface area contributed by atoms with Gasteiger partial charge in [-0.25, -0.2) is 22.8 Å². The highest BCUT2D eigenvalue weighted by molar-refractivity contribution is 7.90. The molecule has 0 unspecified atom stereocenters. The first kappa shape index (κ1) is 26.5. The quantitative estimate of drug-likeness (QED) is 0.434. The van der Waals surface area contributed by atoms with Gasteiger partial charge in [0.05, 0.1) is 18.4 Å². The fourth-order valence-electron chi connectivity index (χ4n) is 3.59. The molecule has 1 aliphatic heterocycles. The Hall–Kier alpha value is -3.06. The molecule has 0 aromatic carbocycles. The van der Waals surface area contributed by atoms with Crippen LogP contribution < -0.4 is 20.9 Å². The van der Waals surface area contributed by atoms with Crippen molar-refractivity contribution >= 4 is 39.0 Å². The minimum atomic E-state index is -3.20. The molecule has 0 bridgehead atoms. The molecule has 35 heavy (non-hydrogen) atoms. The summed E-state index contributed by atoms with van der Waals surface area (Å²) < 4.78 is 42.1. The van der Waals surface area contributed by atoms with Gasteiger partial charge in [-0.2, -0.15) is 4.98 Å². The average Bonchev–Trinajstić information content (AvgIpc) is 2.78. The number of ether oxygens (including phenoxy) is 1. The van der Waals surface area contributed by atoms with Gasteiger partial charge in [0.2, 0.25) is 5.95 Å². The molecule has 3 N–H and O–H groups in total. The Labute approximate surface area is 204 Å². The van der Waals surface area contributed by atoms with Gasteiger partial charge in [0.25, 0.3) is 5.91 Å². The monoisotopic (exact) mass is 509 g/mol. The molecule has 1 fully saturated rings. The summed E-state index contributed by atoms with van der Waals surface area (Å²) in [6.45, 7) is 4.61. The summed E-state index contributed by atoms with van der Waals surface area (Å²) in [5.41, 5.74) is 0.850. The number of hydrogen-bond acceptors (Lipinski definition) is 10. The summed E-state index contributed by atoms with van der Waals surface area (Å²) in [5, 5.41) is 8.80. The van der Waals surface area contributed by atoms with Crippen molar-refractivity contribution < 1.29 is 22.3 Å². The lowest BCUT2D eigenvalue weighted by Crippen LogP contribution is -2.45. The van der Waals surface area contributed by atoms with Crippen molar-refractivity contribution in [2.45, 2.75) is 38.6 Å². The molecule has 13 heteroatoms. The van der Waals surface area contributed by atoms with Gasteiger partial charge in [0.15, 0.2) is 0 Å². The van der Waals surface area contributed by atoms with Gasteiger partial charge in [-0.15, -0.1) is 0 Å². The van der Waals surface area contributed by atoms with E-state index in [0.29, 0.717) is 30.3 Å². The zero-order chi connectivity index (χ0) is 25.6. The summed E-state index contributed by atoms with van der Waals surface area (Å²) in [7, 11) is -1.68. The van der Waals surface area contributed by atoms with Crippen LogP contribution in [0.15, 0.2) is 24.5 Å². The lowest BCUT2D eigenvalue weighted by molar-refractivity contribution is 0.0195. The van der Waals surface area contributed by atoms with E-state index in [2.05, 4.69) is 30.9 Å². The maximum Gasteiger partial charge on any atom is 0.256 e. The van der Waals surface area contributed by atoms with E-state index in [0.717, 1.165) is 6.26 Å². The minimum absolute atomic E-state index is 0.0139. The maximum absolute atomic E-state index is 14.3. The smallest absolute Gasteiger partial charge is 0.256 e. The van der Waals surface area contributed by atoms with E-state index in [1.165, 1.54) is 13.3 Å². The summed E-state index contributed by atoms with van der Waals surface area (Å²) in [6, 6.07) is 3.50. The Morgan fingerprint density at radius 1 is 1.34 bits per heavy atom. The highest BCUT2D eigenvalue weighted by atomic mass is 32.2. The molecule has 0 spiro atoms. The fraction of sp³-hybridized carbons (Fsp3) is 0.545. The number of amides is 1. The lowest BCUT2D eigenvalue weighted by atomic mass is 10.1. The summed E-state index contributed by atoms with van der Waals surface area (Å²) in [5.74, 6) is 0.539. The number of halogens is 1. The van der Waals surface area contributed by atoms with E-state index in [9.17, 15) is 17.6 Å². The molecule has 1 amide bonds. The molecule has 2 aromatic rings. The second-order valence-corrected chi connectivity index (χ2v) is 11.0. The lowest BCUT2D eigenvalue weighted by Gasteiger charge is -2.34. The van der Waals surface area contributed by atoms with Gasteiger partial charge in [0, 0.05) is 56.6 Å². The second-order valence-electron chi connectivity index (χ2n) is 8.69. The van der Waals surface area contributed by atoms with Crippen LogP contribution in [0.4, 0.5) is 27.7 Å². The summed E-state index contributed by atoms with van der Waals surface area (Å²) in [4.78, 5) is 27.5. The van der Waals surface area contributed by atoms with Crippen LogP contribution in [0.5, 0.6) is 0 Å². The molecule has 0 radical (unpaired) electrons. The first-order valence-corrected chi connectivity index (χ1v) is 13.4. The molecule has 1 saturated heterocycles. The van der Waals surface area contributed by atoms with E-state index < -0.39 is 28.0 Å². The van der Waals surface area contributed by atoms with Gasteiger partial charge < -0.3 is 25.6 Å². The molecule has 11 nitrogen and oxygen atoms in total. The van der Waals surface area contributed by atoms with Crippen molar-refractivity contribution in [1.82, 2.24) is 20.3 Å². The number of aromatic nitrogens is 3. The van der Waals surface area contributed by atoms with Crippen LogP contribution in [0.3, 0.4) is 0 Å². The number of sulfone groups is 1. The van der Waals surface area contributed by atoms with Crippen LogP contribution >= 0.6 is 0 Å². The Balaban J connectivity index is 1.74. The van der Waals surface area contributed by atoms with Crippen LogP contribution in [-0.2, 0) is 14.6 Å². The summed E-state index contributed by atoms with van der Waals surface area (Å²) in [6.07, 6.45) is 3.16. The zero-order valence-electron chi connectivity index (χ0n) is 20.3. The van der Waals surface area contributed by atoms with E-state index >= 15 is 0 Å². The van der Waals surface area contributed by atoms with Crippen LogP contribution in [0.25, 0.3) is 0 Å². The Morgan fingerprint density at radius 2 is 2.11 bits per heavy atom. The zero-order valence-corrected chi connectivity index (χ0v) is 21.1. The van der Waals surface area contributed by atoms with Crippen LogP contribution in [0.1, 0.15) is 30.6 Å². The van der Waals surface area contributed by atoms with Gasteiger partial charge in [-0.05, 0) is 26.3 Å². The highest BCUT2D eigenvalue weighted by Crippen LogP contribution is 2.25. The van der Waals surface area contributed by atoms with E-state index in [1.807, 2.05) is 18.7 Å². The normalized spacial score (nSPS) is 18.4.